The van der Waals surface area contributed by atoms with Crippen LogP contribution in [0.5, 0.6) is 0 Å². The van der Waals surface area contributed by atoms with Crippen LogP contribution in [0.25, 0.3) is 0 Å². The highest BCUT2D eigenvalue weighted by molar-refractivity contribution is 8.15. The van der Waals surface area contributed by atoms with Gasteiger partial charge in [-0.3, -0.25) is 9.69 Å². The van der Waals surface area contributed by atoms with Crippen LogP contribution in [0.15, 0.2) is 69.9 Å². The van der Waals surface area contributed by atoms with E-state index in [-0.39, 0.29) is 17.0 Å². The van der Waals surface area contributed by atoms with Crippen molar-refractivity contribution in [2.75, 3.05) is 6.54 Å². The average molecular weight is 357 g/mol. The number of amidine groups is 1. The van der Waals surface area contributed by atoms with Gasteiger partial charge in [0.05, 0.1) is 17.7 Å². The molecule has 25 heavy (non-hydrogen) atoms. The van der Waals surface area contributed by atoms with Gasteiger partial charge in [0.2, 0.25) is 5.91 Å². The van der Waals surface area contributed by atoms with Gasteiger partial charge in [0.25, 0.3) is 0 Å². The SMILES string of the molecule is C=CCN1C(=O)[C@@H](Cc2ccc(F)cc2)S/C1=N/N=C/c1ccco1. The molecule has 0 aliphatic carbocycles. The summed E-state index contributed by atoms with van der Waals surface area (Å²) in [4.78, 5) is 14.1. The van der Waals surface area contributed by atoms with Gasteiger partial charge in [0.15, 0.2) is 5.17 Å². The van der Waals surface area contributed by atoms with E-state index in [2.05, 4.69) is 16.8 Å². The van der Waals surface area contributed by atoms with Crippen LogP contribution in [0.4, 0.5) is 4.39 Å². The topological polar surface area (TPSA) is 58.2 Å². The van der Waals surface area contributed by atoms with Crippen LogP contribution in [0.3, 0.4) is 0 Å². The Hall–Kier alpha value is -2.67. The fourth-order valence-electron chi connectivity index (χ4n) is 2.35. The second-order valence-electron chi connectivity index (χ2n) is 5.32. The number of carbonyl (C=O) groups excluding carboxylic acids is 1. The minimum Gasteiger partial charge on any atom is -0.463 e. The summed E-state index contributed by atoms with van der Waals surface area (Å²) in [6.45, 7) is 4.04. The van der Waals surface area contributed by atoms with E-state index in [9.17, 15) is 9.18 Å². The summed E-state index contributed by atoms with van der Waals surface area (Å²) in [6, 6.07) is 9.67. The highest BCUT2D eigenvalue weighted by atomic mass is 32.2. The zero-order valence-electron chi connectivity index (χ0n) is 13.3. The number of thioether (sulfide) groups is 1. The third-order valence-electron chi connectivity index (χ3n) is 3.54. The quantitative estimate of drug-likeness (QED) is 0.452. The van der Waals surface area contributed by atoms with E-state index in [4.69, 9.17) is 4.42 Å². The molecular weight excluding hydrogens is 341 g/mol. The number of furan rings is 1. The molecule has 0 radical (unpaired) electrons. The number of nitrogens with zero attached hydrogens (tertiary/aromatic N) is 3. The van der Waals surface area contributed by atoms with Gasteiger partial charge < -0.3 is 4.42 Å². The van der Waals surface area contributed by atoms with Crippen molar-refractivity contribution in [3.05, 3.63) is 72.5 Å². The summed E-state index contributed by atoms with van der Waals surface area (Å²) in [5, 5.41) is 8.32. The van der Waals surface area contributed by atoms with Crippen molar-refractivity contribution in [1.82, 2.24) is 4.90 Å². The predicted octanol–water partition coefficient (Wildman–Crippen LogP) is 3.48. The first-order chi connectivity index (χ1) is 12.2. The monoisotopic (exact) mass is 357 g/mol. The van der Waals surface area contributed by atoms with Crippen LogP contribution in [-0.4, -0.2) is 34.0 Å². The molecule has 5 nitrogen and oxygen atoms in total. The molecule has 1 amide bonds. The zero-order chi connectivity index (χ0) is 17.6. The molecule has 1 fully saturated rings. The van der Waals surface area contributed by atoms with E-state index in [0.29, 0.717) is 23.9 Å². The van der Waals surface area contributed by atoms with E-state index in [1.165, 1.54) is 30.1 Å². The molecule has 1 aliphatic rings. The van der Waals surface area contributed by atoms with Crippen LogP contribution in [0.1, 0.15) is 11.3 Å². The molecule has 0 saturated carbocycles. The summed E-state index contributed by atoms with van der Waals surface area (Å²) in [7, 11) is 0. The van der Waals surface area contributed by atoms with Crippen LogP contribution in [-0.2, 0) is 11.2 Å². The lowest BCUT2D eigenvalue weighted by Crippen LogP contribution is -2.32. The van der Waals surface area contributed by atoms with Crippen molar-refractivity contribution in [3.8, 4) is 0 Å². The Balaban J connectivity index is 1.74. The van der Waals surface area contributed by atoms with Crippen molar-refractivity contribution in [1.29, 1.82) is 0 Å². The fraction of sp³-hybridized carbons (Fsp3) is 0.167. The van der Waals surface area contributed by atoms with Gasteiger partial charge in [-0.1, -0.05) is 30.0 Å². The molecule has 3 rings (SSSR count). The van der Waals surface area contributed by atoms with Crippen molar-refractivity contribution < 1.29 is 13.6 Å². The van der Waals surface area contributed by atoms with Crippen LogP contribution in [0, 0.1) is 5.82 Å². The molecule has 7 heteroatoms. The standard InChI is InChI=1S/C18H16FN3O2S/c1-2-9-22-17(23)16(11-13-5-7-14(19)8-6-13)25-18(22)21-20-12-15-4-3-10-24-15/h2-8,10,12,16H,1,9,11H2/b20-12+,21-18+/t16-/m1/s1. The number of halogens is 1. The first kappa shape index (κ1) is 17.2. The Morgan fingerprint density at radius 3 is 2.80 bits per heavy atom. The normalized spacial score (nSPS) is 19.2. The van der Waals surface area contributed by atoms with Crippen LogP contribution in [0.2, 0.25) is 0 Å². The van der Waals surface area contributed by atoms with Crippen molar-refractivity contribution >= 4 is 29.1 Å². The molecule has 128 valence electrons. The molecule has 0 bridgehead atoms. The minimum absolute atomic E-state index is 0.0545. The molecule has 2 heterocycles. The molecule has 1 aromatic heterocycles. The molecule has 1 aromatic carbocycles. The van der Waals surface area contributed by atoms with Gasteiger partial charge in [-0.25, -0.2) is 4.39 Å². The Bertz CT molecular complexity index is 800. The summed E-state index contributed by atoms with van der Waals surface area (Å²) in [5.41, 5.74) is 0.895. The van der Waals surface area contributed by atoms with E-state index in [1.807, 2.05) is 0 Å². The highest BCUT2D eigenvalue weighted by Crippen LogP contribution is 2.30. The number of amides is 1. The van der Waals surface area contributed by atoms with Gasteiger partial charge in [0, 0.05) is 6.54 Å². The second kappa shape index (κ2) is 7.94. The lowest BCUT2D eigenvalue weighted by atomic mass is 10.1. The van der Waals surface area contributed by atoms with E-state index in [0.717, 1.165) is 5.56 Å². The molecule has 1 saturated heterocycles. The molecule has 1 aliphatic heterocycles. The Morgan fingerprint density at radius 2 is 2.12 bits per heavy atom. The van der Waals surface area contributed by atoms with E-state index >= 15 is 0 Å². The third-order valence-corrected chi connectivity index (χ3v) is 4.70. The van der Waals surface area contributed by atoms with Crippen molar-refractivity contribution in [2.45, 2.75) is 11.7 Å². The lowest BCUT2D eigenvalue weighted by Gasteiger charge is -2.12. The van der Waals surface area contributed by atoms with Crippen LogP contribution >= 0.6 is 11.8 Å². The maximum Gasteiger partial charge on any atom is 0.242 e. The van der Waals surface area contributed by atoms with Crippen molar-refractivity contribution in [3.63, 3.8) is 0 Å². The predicted molar refractivity (Wildman–Crippen MR) is 97.1 cm³/mol. The smallest absolute Gasteiger partial charge is 0.242 e. The Kier molecular flexibility index (Phi) is 5.45. The summed E-state index contributed by atoms with van der Waals surface area (Å²) in [6.07, 6.45) is 5.17. The van der Waals surface area contributed by atoms with Gasteiger partial charge >= 0.3 is 0 Å². The first-order valence-corrected chi connectivity index (χ1v) is 8.53. The largest absolute Gasteiger partial charge is 0.463 e. The van der Waals surface area contributed by atoms with E-state index < -0.39 is 0 Å². The molecule has 0 unspecified atom stereocenters. The molecule has 0 N–H and O–H groups in total. The van der Waals surface area contributed by atoms with Gasteiger partial charge in [-0.15, -0.1) is 11.7 Å². The lowest BCUT2D eigenvalue weighted by molar-refractivity contribution is -0.125. The third kappa shape index (κ3) is 4.24. The average Bonchev–Trinajstić information content (AvgIpc) is 3.21. The van der Waals surface area contributed by atoms with Gasteiger partial charge in [-0.2, -0.15) is 5.10 Å². The van der Waals surface area contributed by atoms with Gasteiger partial charge in [-0.05, 0) is 36.2 Å². The van der Waals surface area contributed by atoms with Crippen molar-refractivity contribution in [2.24, 2.45) is 10.2 Å². The second-order valence-corrected chi connectivity index (χ2v) is 6.49. The fourth-order valence-corrected chi connectivity index (χ4v) is 3.49. The summed E-state index contributed by atoms with van der Waals surface area (Å²) in [5.74, 6) is 0.231. The maximum absolute atomic E-state index is 13.0. The summed E-state index contributed by atoms with van der Waals surface area (Å²) >= 11 is 1.34. The first-order valence-electron chi connectivity index (χ1n) is 7.65. The highest BCUT2D eigenvalue weighted by Gasteiger charge is 2.37. The van der Waals surface area contributed by atoms with Crippen LogP contribution < -0.4 is 0 Å². The number of benzene rings is 1. The van der Waals surface area contributed by atoms with Gasteiger partial charge in [0.1, 0.15) is 11.6 Å². The number of hydrogen-bond acceptors (Lipinski definition) is 5. The number of hydrogen-bond donors (Lipinski definition) is 0. The number of carbonyl (C=O) groups is 1. The van der Waals surface area contributed by atoms with E-state index in [1.54, 1.807) is 41.5 Å². The Morgan fingerprint density at radius 1 is 1.32 bits per heavy atom. The molecule has 2 aromatic rings. The number of rotatable bonds is 6. The Labute approximate surface area is 148 Å². The summed E-state index contributed by atoms with van der Waals surface area (Å²) < 4.78 is 18.2. The molecule has 1 atom stereocenters. The molecular formula is C18H16FN3O2S. The molecule has 0 spiro atoms. The maximum atomic E-state index is 13.0. The zero-order valence-corrected chi connectivity index (χ0v) is 14.2. The minimum atomic E-state index is -0.317.